The Morgan fingerprint density at radius 3 is 1.54 bits per heavy atom. The van der Waals surface area contributed by atoms with Gasteiger partial charge in [-0.2, -0.15) is 0 Å². The van der Waals surface area contributed by atoms with Crippen molar-refractivity contribution in [2.45, 2.75) is 23.7 Å². The summed E-state index contributed by atoms with van der Waals surface area (Å²) in [6, 6.07) is 15.5. The van der Waals surface area contributed by atoms with Gasteiger partial charge in [-0.05, 0) is 36.1 Å². The molecule has 4 nitrogen and oxygen atoms in total. The molecule has 118 valence electrons. The predicted molar refractivity (Wildman–Crippen MR) is 91.9 cm³/mol. The monoisotopic (exact) mass is 316 g/mol. The molecule has 0 saturated carbocycles. The summed E-state index contributed by atoms with van der Waals surface area (Å²) in [6.45, 7) is 0. The number of rotatable bonds is 0. The van der Waals surface area contributed by atoms with Gasteiger partial charge in [-0.3, -0.25) is 9.59 Å². The molecule has 2 unspecified atom stereocenters. The van der Waals surface area contributed by atoms with Crippen LogP contribution in [0.3, 0.4) is 0 Å². The van der Waals surface area contributed by atoms with Crippen molar-refractivity contribution >= 4 is 23.2 Å². The molecule has 2 heterocycles. The second kappa shape index (κ2) is 4.35. The fourth-order valence-corrected chi connectivity index (χ4v) is 4.75. The van der Waals surface area contributed by atoms with Crippen LogP contribution in [0.25, 0.3) is 0 Å². The lowest BCUT2D eigenvalue weighted by Crippen LogP contribution is -2.58. The quantitative estimate of drug-likeness (QED) is 0.734. The fourth-order valence-electron chi connectivity index (χ4n) is 4.75. The minimum absolute atomic E-state index is 0.0834. The standard InChI is InChI=1S/C20H16N2O2/c23-17-19(13-7-1-3-9-15(13)21-17)11-5-6-12-20(19)14-8-2-4-10-16(14)22-18(20)24/h1-10H,11-12H2,(H,21,23)(H,22,24). The van der Waals surface area contributed by atoms with Crippen LogP contribution < -0.4 is 10.6 Å². The van der Waals surface area contributed by atoms with E-state index >= 15 is 0 Å². The van der Waals surface area contributed by atoms with E-state index in [1.54, 1.807) is 0 Å². The highest BCUT2D eigenvalue weighted by Gasteiger charge is 2.67. The molecular weight excluding hydrogens is 300 g/mol. The van der Waals surface area contributed by atoms with Crippen LogP contribution in [0, 0.1) is 0 Å². The molecule has 0 aromatic heterocycles. The molecular formula is C20H16N2O2. The minimum Gasteiger partial charge on any atom is -0.325 e. The van der Waals surface area contributed by atoms with E-state index in [4.69, 9.17) is 0 Å². The van der Waals surface area contributed by atoms with Gasteiger partial charge in [-0.25, -0.2) is 0 Å². The summed E-state index contributed by atoms with van der Waals surface area (Å²) >= 11 is 0. The molecule has 3 aliphatic rings. The van der Waals surface area contributed by atoms with Gasteiger partial charge < -0.3 is 10.6 Å². The lowest BCUT2D eigenvalue weighted by atomic mass is 9.53. The Morgan fingerprint density at radius 2 is 1.08 bits per heavy atom. The molecule has 0 radical (unpaired) electrons. The predicted octanol–water partition coefficient (Wildman–Crippen LogP) is 3.12. The van der Waals surface area contributed by atoms with Crippen LogP contribution in [0.4, 0.5) is 11.4 Å². The van der Waals surface area contributed by atoms with Gasteiger partial charge in [-0.15, -0.1) is 0 Å². The maximum Gasteiger partial charge on any atom is 0.236 e. The van der Waals surface area contributed by atoms with Crippen molar-refractivity contribution in [2.75, 3.05) is 10.6 Å². The number of hydrogen-bond acceptors (Lipinski definition) is 2. The minimum atomic E-state index is -0.894. The molecule has 24 heavy (non-hydrogen) atoms. The number of anilines is 2. The average molecular weight is 316 g/mol. The Labute approximate surface area is 139 Å². The number of amides is 2. The van der Waals surface area contributed by atoms with Crippen LogP contribution in [0.5, 0.6) is 0 Å². The van der Waals surface area contributed by atoms with Gasteiger partial charge in [0.05, 0.1) is 10.8 Å². The third-order valence-corrected chi connectivity index (χ3v) is 5.79. The van der Waals surface area contributed by atoms with Gasteiger partial charge >= 0.3 is 0 Å². The molecule has 2 aromatic carbocycles. The number of benzene rings is 2. The largest absolute Gasteiger partial charge is 0.325 e. The number of allylic oxidation sites excluding steroid dienone is 2. The van der Waals surface area contributed by atoms with Crippen molar-refractivity contribution in [3.05, 3.63) is 71.8 Å². The molecule has 0 saturated heterocycles. The summed E-state index contributed by atoms with van der Waals surface area (Å²) in [6.07, 6.45) is 5.11. The molecule has 2 aliphatic heterocycles. The number of hydrogen-bond donors (Lipinski definition) is 2. The average Bonchev–Trinajstić information content (AvgIpc) is 3.04. The molecule has 2 atom stereocenters. The number of fused-ring (bicyclic) bond motifs is 5. The summed E-state index contributed by atoms with van der Waals surface area (Å²) in [5.41, 5.74) is 1.69. The first-order chi connectivity index (χ1) is 11.7. The maximum atomic E-state index is 13.2. The number of nitrogens with one attached hydrogen (secondary N) is 2. The van der Waals surface area contributed by atoms with Gasteiger partial charge in [0.25, 0.3) is 0 Å². The fraction of sp³-hybridized carbons (Fsp3) is 0.200. The Bertz CT molecular complexity index is 857. The van der Waals surface area contributed by atoms with Crippen LogP contribution in [0.1, 0.15) is 24.0 Å². The summed E-state index contributed by atoms with van der Waals surface area (Å²) < 4.78 is 0. The third kappa shape index (κ3) is 1.31. The van der Waals surface area contributed by atoms with Crippen molar-refractivity contribution in [3.63, 3.8) is 0 Å². The number of carbonyl (C=O) groups is 2. The van der Waals surface area contributed by atoms with Crippen molar-refractivity contribution in [3.8, 4) is 0 Å². The highest BCUT2D eigenvalue weighted by molar-refractivity contribution is 6.17. The molecule has 2 amide bonds. The second-order valence-corrected chi connectivity index (χ2v) is 6.69. The van der Waals surface area contributed by atoms with Crippen molar-refractivity contribution in [2.24, 2.45) is 0 Å². The summed E-state index contributed by atoms with van der Waals surface area (Å²) in [5.74, 6) is -0.167. The highest BCUT2D eigenvalue weighted by Crippen LogP contribution is 2.60. The molecule has 1 aliphatic carbocycles. The molecule has 4 heteroatoms. The van der Waals surface area contributed by atoms with Crippen LogP contribution in [0.2, 0.25) is 0 Å². The lowest BCUT2D eigenvalue weighted by molar-refractivity contribution is -0.132. The van der Waals surface area contributed by atoms with Crippen LogP contribution in [0.15, 0.2) is 60.7 Å². The van der Waals surface area contributed by atoms with E-state index in [1.807, 2.05) is 60.7 Å². The van der Waals surface area contributed by atoms with Crippen molar-refractivity contribution in [1.29, 1.82) is 0 Å². The van der Waals surface area contributed by atoms with Gasteiger partial charge in [0.2, 0.25) is 11.8 Å². The molecule has 0 bridgehead atoms. The Balaban J connectivity index is 1.88. The smallest absolute Gasteiger partial charge is 0.236 e. The lowest BCUT2D eigenvalue weighted by Gasteiger charge is -2.44. The van der Waals surface area contributed by atoms with E-state index in [-0.39, 0.29) is 11.8 Å². The van der Waals surface area contributed by atoms with E-state index in [1.165, 1.54) is 0 Å². The van der Waals surface area contributed by atoms with Gasteiger partial charge in [-0.1, -0.05) is 48.6 Å². The third-order valence-electron chi connectivity index (χ3n) is 5.79. The first-order valence-electron chi connectivity index (χ1n) is 8.17. The van der Waals surface area contributed by atoms with Crippen LogP contribution in [-0.4, -0.2) is 11.8 Å². The maximum absolute atomic E-state index is 13.2. The van der Waals surface area contributed by atoms with Crippen molar-refractivity contribution < 1.29 is 9.59 Å². The molecule has 5 rings (SSSR count). The molecule has 2 N–H and O–H groups in total. The zero-order valence-electron chi connectivity index (χ0n) is 13.0. The molecule has 2 aromatic rings. The van der Waals surface area contributed by atoms with Crippen LogP contribution in [-0.2, 0) is 20.4 Å². The SMILES string of the molecule is O=C1Nc2ccccc2C12CC=CCC21C(=O)Nc2ccccc21. The first kappa shape index (κ1) is 13.5. The van der Waals surface area contributed by atoms with E-state index in [0.29, 0.717) is 12.8 Å². The topological polar surface area (TPSA) is 58.2 Å². The normalized spacial score (nSPS) is 29.5. The Morgan fingerprint density at radius 1 is 0.667 bits per heavy atom. The van der Waals surface area contributed by atoms with Gasteiger partial charge in [0.15, 0.2) is 0 Å². The van der Waals surface area contributed by atoms with Crippen molar-refractivity contribution in [1.82, 2.24) is 0 Å². The summed E-state index contributed by atoms with van der Waals surface area (Å²) in [5, 5.41) is 6.02. The Kier molecular flexibility index (Phi) is 2.46. The zero-order chi connectivity index (χ0) is 16.4. The summed E-state index contributed by atoms with van der Waals surface area (Å²) in [7, 11) is 0. The number of carbonyl (C=O) groups excluding carboxylic acids is 2. The van der Waals surface area contributed by atoms with E-state index < -0.39 is 10.8 Å². The summed E-state index contributed by atoms with van der Waals surface area (Å²) in [4.78, 5) is 26.4. The highest BCUT2D eigenvalue weighted by atomic mass is 16.2. The molecule has 0 fully saturated rings. The van der Waals surface area contributed by atoms with E-state index in [0.717, 1.165) is 22.5 Å². The van der Waals surface area contributed by atoms with Gasteiger partial charge in [0, 0.05) is 11.4 Å². The molecule has 2 spiro atoms. The Hall–Kier alpha value is -2.88. The first-order valence-corrected chi connectivity index (χ1v) is 8.17. The second-order valence-electron chi connectivity index (χ2n) is 6.69. The van der Waals surface area contributed by atoms with E-state index in [9.17, 15) is 9.59 Å². The van der Waals surface area contributed by atoms with Crippen LogP contribution >= 0.6 is 0 Å². The number of para-hydroxylation sites is 2. The van der Waals surface area contributed by atoms with E-state index in [2.05, 4.69) is 10.6 Å². The van der Waals surface area contributed by atoms with Gasteiger partial charge in [0.1, 0.15) is 0 Å². The zero-order valence-corrected chi connectivity index (χ0v) is 13.0.